The maximum absolute atomic E-state index is 11.0. The smallest absolute Gasteiger partial charge is 0.309 e. The average Bonchev–Trinajstić information content (AvgIpc) is 2.52. The van der Waals surface area contributed by atoms with E-state index < -0.39 is 17.0 Å². The van der Waals surface area contributed by atoms with Crippen LogP contribution in [0.2, 0.25) is 0 Å². The van der Waals surface area contributed by atoms with E-state index in [2.05, 4.69) is 13.2 Å². The van der Waals surface area contributed by atoms with Crippen LogP contribution in [0.1, 0.15) is 97.3 Å². The maximum Gasteiger partial charge on any atom is 0.309 e. The third-order valence-corrected chi connectivity index (χ3v) is 5.07. The lowest BCUT2D eigenvalue weighted by Crippen LogP contribution is -2.26. The van der Waals surface area contributed by atoms with Crippen LogP contribution >= 0.6 is 0 Å². The molecule has 0 fully saturated rings. The summed E-state index contributed by atoms with van der Waals surface area (Å²) >= 11 is 0. The van der Waals surface area contributed by atoms with Crippen molar-refractivity contribution in [2.75, 3.05) is 0 Å². The molecule has 0 aromatic heterocycles. The molecule has 3 heteroatoms. The lowest BCUT2D eigenvalue weighted by atomic mass is 9.87. The number of aliphatic carboxylic acids is 1. The zero-order chi connectivity index (χ0) is 19.2. The Bertz CT molecular complexity index is 375. The monoisotopic (exact) mass is 352 g/mol. The first-order chi connectivity index (χ1) is 11.8. The molecule has 146 valence electrons. The lowest BCUT2D eigenvalue weighted by Gasteiger charge is -2.25. The fraction of sp³-hybridized carbons (Fsp3) is 0.773. The Kier molecular flexibility index (Phi) is 12.6. The molecule has 0 aliphatic carbocycles. The van der Waals surface area contributed by atoms with Crippen LogP contribution in [0.3, 0.4) is 0 Å². The van der Waals surface area contributed by atoms with Gasteiger partial charge in [-0.2, -0.15) is 0 Å². The molecule has 0 bridgehead atoms. The molecule has 3 nitrogen and oxygen atoms in total. The fourth-order valence-corrected chi connectivity index (χ4v) is 3.19. The number of hydrogen-bond acceptors (Lipinski definition) is 2. The predicted octanol–water partition coefficient (Wildman–Crippen LogP) is 6.27. The molecule has 0 saturated carbocycles. The van der Waals surface area contributed by atoms with Crippen LogP contribution in [0.4, 0.5) is 0 Å². The molecule has 0 aliphatic heterocycles. The van der Waals surface area contributed by atoms with Gasteiger partial charge in [0.2, 0.25) is 0 Å². The van der Waals surface area contributed by atoms with Gasteiger partial charge in [0.25, 0.3) is 0 Å². The molecule has 0 amide bonds. The highest BCUT2D eigenvalue weighted by Crippen LogP contribution is 2.25. The van der Waals surface area contributed by atoms with E-state index in [0.29, 0.717) is 12.8 Å². The van der Waals surface area contributed by atoms with Crippen LogP contribution in [0.5, 0.6) is 0 Å². The van der Waals surface area contributed by atoms with Crippen molar-refractivity contribution in [1.82, 2.24) is 0 Å². The summed E-state index contributed by atoms with van der Waals surface area (Å²) < 4.78 is 0. The summed E-state index contributed by atoms with van der Waals surface area (Å²) in [6, 6.07) is 0. The molecular formula is C22H40O3. The van der Waals surface area contributed by atoms with Crippen molar-refractivity contribution >= 4 is 5.97 Å². The zero-order valence-electron chi connectivity index (χ0n) is 16.6. The van der Waals surface area contributed by atoms with Crippen molar-refractivity contribution < 1.29 is 15.0 Å². The van der Waals surface area contributed by atoms with Crippen LogP contribution < -0.4 is 0 Å². The number of carboxylic acid groups (broad SMARTS) is 1. The second-order valence-electron chi connectivity index (χ2n) is 8.08. The minimum Gasteiger partial charge on any atom is -0.481 e. The largest absolute Gasteiger partial charge is 0.481 e. The molecule has 0 atom stereocenters. The minimum absolute atomic E-state index is 0.584. The highest BCUT2D eigenvalue weighted by Gasteiger charge is 2.26. The normalized spacial score (nSPS) is 12.1. The second kappa shape index (κ2) is 13.2. The first kappa shape index (κ1) is 23.9. The van der Waals surface area contributed by atoms with Gasteiger partial charge in [0.1, 0.15) is 0 Å². The summed E-state index contributed by atoms with van der Waals surface area (Å²) in [5, 5.41) is 19.5. The first-order valence-corrected chi connectivity index (χ1v) is 9.95. The van der Waals surface area contributed by atoms with E-state index in [1.165, 1.54) is 38.5 Å². The van der Waals surface area contributed by atoms with Crippen molar-refractivity contribution in [2.24, 2.45) is 5.41 Å². The average molecular weight is 353 g/mol. The van der Waals surface area contributed by atoms with Crippen molar-refractivity contribution in [1.29, 1.82) is 0 Å². The first-order valence-electron chi connectivity index (χ1n) is 9.95. The van der Waals surface area contributed by atoms with E-state index in [1.807, 2.05) is 0 Å². The van der Waals surface area contributed by atoms with E-state index in [-0.39, 0.29) is 0 Å². The molecule has 0 saturated heterocycles. The lowest BCUT2D eigenvalue weighted by molar-refractivity contribution is -0.147. The van der Waals surface area contributed by atoms with Gasteiger partial charge in [-0.3, -0.25) is 4.79 Å². The standard InChI is InChI=1S/C22H40O3/c1-5-16-22(25,17-6-2)19-15-13-11-9-7-8-10-12-14-18-21(3,4)20(23)24/h5-6,25H,1-2,7-19H2,3-4H3,(H,23,24). The molecule has 25 heavy (non-hydrogen) atoms. The Morgan fingerprint density at radius 3 is 1.52 bits per heavy atom. The minimum atomic E-state index is -0.694. The van der Waals surface area contributed by atoms with E-state index in [1.54, 1.807) is 26.0 Å². The molecule has 0 radical (unpaired) electrons. The molecule has 0 aromatic carbocycles. The predicted molar refractivity (Wildman–Crippen MR) is 107 cm³/mol. The quantitative estimate of drug-likeness (QED) is 0.239. The molecule has 0 spiro atoms. The van der Waals surface area contributed by atoms with Crippen LogP contribution in [0.25, 0.3) is 0 Å². The molecular weight excluding hydrogens is 312 g/mol. The topological polar surface area (TPSA) is 57.5 Å². The summed E-state index contributed by atoms with van der Waals surface area (Å²) in [5.41, 5.74) is -1.23. The Balaban J connectivity index is 3.54. The number of carbonyl (C=O) groups is 1. The number of carboxylic acids is 1. The molecule has 0 unspecified atom stereocenters. The summed E-state index contributed by atoms with van der Waals surface area (Å²) in [6.07, 6.45) is 17.0. The molecule has 0 rings (SSSR count). The summed E-state index contributed by atoms with van der Waals surface area (Å²) in [7, 11) is 0. The Morgan fingerprint density at radius 2 is 1.16 bits per heavy atom. The molecule has 0 aliphatic rings. The second-order valence-corrected chi connectivity index (χ2v) is 8.08. The van der Waals surface area contributed by atoms with Gasteiger partial charge in [-0.15, -0.1) is 13.2 Å². The van der Waals surface area contributed by atoms with Gasteiger partial charge in [-0.05, 0) is 39.5 Å². The summed E-state index contributed by atoms with van der Waals surface area (Å²) in [6.45, 7) is 11.1. The van der Waals surface area contributed by atoms with E-state index in [9.17, 15) is 9.90 Å². The third kappa shape index (κ3) is 12.0. The van der Waals surface area contributed by atoms with Gasteiger partial charge in [0, 0.05) is 0 Å². The molecule has 0 heterocycles. The van der Waals surface area contributed by atoms with Crippen molar-refractivity contribution in [3.63, 3.8) is 0 Å². The number of aliphatic hydroxyl groups is 1. The summed E-state index contributed by atoms with van der Waals surface area (Å²) in [5.74, 6) is -0.694. The highest BCUT2D eigenvalue weighted by atomic mass is 16.4. The van der Waals surface area contributed by atoms with Gasteiger partial charge >= 0.3 is 5.97 Å². The van der Waals surface area contributed by atoms with Gasteiger partial charge in [-0.1, -0.05) is 69.9 Å². The van der Waals surface area contributed by atoms with Crippen molar-refractivity contribution in [3.8, 4) is 0 Å². The number of hydrogen-bond donors (Lipinski definition) is 2. The van der Waals surface area contributed by atoms with Gasteiger partial charge in [0.15, 0.2) is 0 Å². The third-order valence-electron chi connectivity index (χ3n) is 5.07. The van der Waals surface area contributed by atoms with Gasteiger partial charge in [0.05, 0.1) is 11.0 Å². The van der Waals surface area contributed by atoms with Crippen LogP contribution in [0, 0.1) is 5.41 Å². The van der Waals surface area contributed by atoms with E-state index >= 15 is 0 Å². The van der Waals surface area contributed by atoms with Crippen LogP contribution in [-0.4, -0.2) is 21.8 Å². The Morgan fingerprint density at radius 1 is 0.800 bits per heavy atom. The molecule has 0 aromatic rings. The maximum atomic E-state index is 11.0. The number of rotatable bonds is 17. The fourth-order valence-electron chi connectivity index (χ4n) is 3.19. The number of unbranched alkanes of at least 4 members (excludes halogenated alkanes) is 8. The van der Waals surface area contributed by atoms with E-state index in [0.717, 1.165) is 32.1 Å². The zero-order valence-corrected chi connectivity index (χ0v) is 16.6. The summed E-state index contributed by atoms with van der Waals surface area (Å²) in [4.78, 5) is 11.0. The van der Waals surface area contributed by atoms with Gasteiger partial charge < -0.3 is 10.2 Å². The highest BCUT2D eigenvalue weighted by molar-refractivity contribution is 5.73. The Labute approximate surface area is 155 Å². The van der Waals surface area contributed by atoms with Crippen LogP contribution in [-0.2, 0) is 4.79 Å². The van der Waals surface area contributed by atoms with Gasteiger partial charge in [-0.25, -0.2) is 0 Å². The van der Waals surface area contributed by atoms with E-state index in [4.69, 9.17) is 5.11 Å². The SMILES string of the molecule is C=CCC(O)(CC=C)CCCCCCCCCCCC(C)(C)C(=O)O. The van der Waals surface area contributed by atoms with Crippen LogP contribution in [0.15, 0.2) is 25.3 Å². The van der Waals surface area contributed by atoms with Crippen molar-refractivity contribution in [3.05, 3.63) is 25.3 Å². The molecule has 2 N–H and O–H groups in total. The Hall–Kier alpha value is -1.09. The van der Waals surface area contributed by atoms with Crippen molar-refractivity contribution in [2.45, 2.75) is 103 Å².